The van der Waals surface area contributed by atoms with Gasteiger partial charge in [-0.05, 0) is 37.8 Å². The van der Waals surface area contributed by atoms with Crippen LogP contribution >= 0.6 is 0 Å². The molecule has 26 heavy (non-hydrogen) atoms. The first-order chi connectivity index (χ1) is 12.8. The van der Waals surface area contributed by atoms with E-state index in [0.717, 1.165) is 43.6 Å². The van der Waals surface area contributed by atoms with Gasteiger partial charge in [0.25, 0.3) is 5.91 Å². The molecular formula is C19H20N6O. The van der Waals surface area contributed by atoms with E-state index in [2.05, 4.69) is 20.1 Å². The first-order valence-corrected chi connectivity index (χ1v) is 9.09. The minimum absolute atomic E-state index is 0.0637. The van der Waals surface area contributed by atoms with Gasteiger partial charge in [-0.1, -0.05) is 0 Å². The van der Waals surface area contributed by atoms with Crippen molar-refractivity contribution in [2.75, 3.05) is 6.54 Å². The zero-order chi connectivity index (χ0) is 17.5. The number of amides is 1. The Kier molecular flexibility index (Phi) is 3.58. The number of carbonyl (C=O) groups is 1. The summed E-state index contributed by atoms with van der Waals surface area (Å²) in [5, 5.41) is 4.35. The largest absolute Gasteiger partial charge is 0.348 e. The lowest BCUT2D eigenvalue weighted by Crippen LogP contribution is -2.49. The zero-order valence-electron chi connectivity index (χ0n) is 14.4. The maximum absolute atomic E-state index is 13.2. The van der Waals surface area contributed by atoms with Crippen LogP contribution in [0, 0.1) is 0 Å². The quantitative estimate of drug-likeness (QED) is 0.771. The minimum atomic E-state index is 0.0637. The van der Waals surface area contributed by atoms with Gasteiger partial charge in [0.15, 0.2) is 0 Å². The lowest BCUT2D eigenvalue weighted by molar-refractivity contribution is 0.0543. The van der Waals surface area contributed by atoms with E-state index in [1.54, 1.807) is 35.8 Å². The lowest BCUT2D eigenvalue weighted by atomic mass is 9.78. The Morgan fingerprint density at radius 3 is 3.12 bits per heavy atom. The zero-order valence-corrected chi connectivity index (χ0v) is 14.4. The number of likely N-dealkylation sites (tertiary alicyclic amines) is 1. The summed E-state index contributed by atoms with van der Waals surface area (Å²) in [7, 11) is 0. The van der Waals surface area contributed by atoms with E-state index in [1.165, 1.54) is 5.69 Å². The number of nitrogens with zero attached hydrogens (tertiary/aromatic N) is 5. The number of nitrogens with one attached hydrogen (secondary N) is 1. The van der Waals surface area contributed by atoms with E-state index in [9.17, 15) is 4.79 Å². The number of aryl methyl sites for hydroxylation is 1. The molecule has 1 saturated heterocycles. The number of imidazole rings is 1. The summed E-state index contributed by atoms with van der Waals surface area (Å²) in [4.78, 5) is 27.1. The average molecular weight is 348 g/mol. The second-order valence-electron chi connectivity index (χ2n) is 7.00. The Bertz CT molecular complexity index is 930. The standard InChI is InChI=1S/C19H20N6O/c26-19(13-9-23-25(11-13)14-3-1-7-20-10-14)24-8-2-4-15-17(24)6-5-16-18(15)22-12-21-16/h1,3,7,9-12,15,17H,2,4-6,8H2,(H,21,22). The van der Waals surface area contributed by atoms with Gasteiger partial charge in [-0.15, -0.1) is 0 Å². The number of hydrogen-bond donors (Lipinski definition) is 1. The molecule has 132 valence electrons. The average Bonchev–Trinajstić information content (AvgIpc) is 3.37. The molecule has 2 atom stereocenters. The van der Waals surface area contributed by atoms with Crippen LogP contribution < -0.4 is 0 Å². The van der Waals surface area contributed by atoms with Crippen molar-refractivity contribution in [3.05, 3.63) is 60.2 Å². The summed E-state index contributed by atoms with van der Waals surface area (Å²) >= 11 is 0. The number of H-pyrrole nitrogens is 1. The van der Waals surface area contributed by atoms with Gasteiger partial charge in [0.1, 0.15) is 0 Å². The molecule has 4 heterocycles. The SMILES string of the molecule is O=C(c1cnn(-c2cccnc2)c1)N1CCCC2c3nc[nH]c3CCC21. The topological polar surface area (TPSA) is 79.7 Å². The van der Waals surface area contributed by atoms with E-state index < -0.39 is 0 Å². The lowest BCUT2D eigenvalue weighted by Gasteiger charge is -2.43. The molecule has 1 fully saturated rings. The van der Waals surface area contributed by atoms with Crippen LogP contribution in [0.1, 0.15) is 46.9 Å². The monoisotopic (exact) mass is 348 g/mol. The highest BCUT2D eigenvalue weighted by atomic mass is 16.2. The Balaban J connectivity index is 1.41. The highest BCUT2D eigenvalue weighted by molar-refractivity contribution is 5.94. The number of rotatable bonds is 2. The van der Waals surface area contributed by atoms with Crippen LogP contribution in [0.2, 0.25) is 0 Å². The van der Waals surface area contributed by atoms with Crippen molar-refractivity contribution in [3.8, 4) is 5.69 Å². The summed E-state index contributed by atoms with van der Waals surface area (Å²) in [6, 6.07) is 4.01. The van der Waals surface area contributed by atoms with Gasteiger partial charge in [0.2, 0.25) is 0 Å². The number of hydrogen-bond acceptors (Lipinski definition) is 4. The van der Waals surface area contributed by atoms with Crippen LogP contribution in [0.3, 0.4) is 0 Å². The van der Waals surface area contributed by atoms with Gasteiger partial charge in [-0.3, -0.25) is 9.78 Å². The molecule has 2 aliphatic rings. The Hall–Kier alpha value is -2.96. The molecule has 0 bridgehead atoms. The number of pyridine rings is 1. The van der Waals surface area contributed by atoms with Crippen molar-refractivity contribution >= 4 is 5.91 Å². The van der Waals surface area contributed by atoms with E-state index >= 15 is 0 Å². The predicted octanol–water partition coefficient (Wildman–Crippen LogP) is 2.33. The summed E-state index contributed by atoms with van der Waals surface area (Å²) < 4.78 is 1.70. The molecule has 0 saturated carbocycles. The Morgan fingerprint density at radius 1 is 1.27 bits per heavy atom. The molecule has 3 aromatic rings. The van der Waals surface area contributed by atoms with Crippen molar-refractivity contribution in [3.63, 3.8) is 0 Å². The molecule has 3 aromatic heterocycles. The van der Waals surface area contributed by atoms with Gasteiger partial charge < -0.3 is 9.88 Å². The van der Waals surface area contributed by atoms with E-state index in [4.69, 9.17) is 0 Å². The second kappa shape index (κ2) is 6.09. The summed E-state index contributed by atoms with van der Waals surface area (Å²) in [6.45, 7) is 0.803. The van der Waals surface area contributed by atoms with Crippen molar-refractivity contribution < 1.29 is 4.79 Å². The van der Waals surface area contributed by atoms with Crippen LogP contribution in [0.5, 0.6) is 0 Å². The highest BCUT2D eigenvalue weighted by Gasteiger charge is 2.40. The maximum atomic E-state index is 13.2. The minimum Gasteiger partial charge on any atom is -0.348 e. The molecular weight excluding hydrogens is 328 g/mol. The molecule has 1 N–H and O–H groups in total. The van der Waals surface area contributed by atoms with Crippen LogP contribution in [0.4, 0.5) is 0 Å². The number of aromatic nitrogens is 5. The molecule has 5 rings (SSSR count). The summed E-state index contributed by atoms with van der Waals surface area (Å²) in [5.41, 5.74) is 3.87. The second-order valence-corrected chi connectivity index (χ2v) is 7.00. The van der Waals surface area contributed by atoms with Crippen LogP contribution in [-0.2, 0) is 6.42 Å². The van der Waals surface area contributed by atoms with Gasteiger partial charge >= 0.3 is 0 Å². The first-order valence-electron chi connectivity index (χ1n) is 9.09. The Morgan fingerprint density at radius 2 is 2.23 bits per heavy atom. The fourth-order valence-corrected chi connectivity index (χ4v) is 4.36. The normalized spacial score (nSPS) is 21.9. The van der Waals surface area contributed by atoms with Crippen molar-refractivity contribution in [1.29, 1.82) is 0 Å². The van der Waals surface area contributed by atoms with Gasteiger partial charge in [-0.2, -0.15) is 5.10 Å². The van der Waals surface area contributed by atoms with Crippen LogP contribution in [0.15, 0.2) is 43.2 Å². The number of piperidine rings is 1. The third kappa shape index (κ3) is 2.42. The van der Waals surface area contributed by atoms with E-state index in [-0.39, 0.29) is 11.9 Å². The predicted molar refractivity (Wildman–Crippen MR) is 95.1 cm³/mol. The van der Waals surface area contributed by atoms with Gasteiger partial charge in [-0.25, -0.2) is 9.67 Å². The fraction of sp³-hybridized carbons (Fsp3) is 0.368. The third-order valence-electron chi connectivity index (χ3n) is 5.57. The highest BCUT2D eigenvalue weighted by Crippen LogP contribution is 2.39. The van der Waals surface area contributed by atoms with Crippen molar-refractivity contribution in [1.82, 2.24) is 29.6 Å². The molecule has 7 heteroatoms. The third-order valence-corrected chi connectivity index (χ3v) is 5.57. The smallest absolute Gasteiger partial charge is 0.257 e. The molecule has 1 amide bonds. The van der Waals surface area contributed by atoms with E-state index in [0.29, 0.717) is 11.5 Å². The van der Waals surface area contributed by atoms with Gasteiger partial charge in [0, 0.05) is 36.6 Å². The molecule has 2 unspecified atom stereocenters. The first kappa shape index (κ1) is 15.3. The van der Waals surface area contributed by atoms with Crippen molar-refractivity contribution in [2.24, 2.45) is 0 Å². The fourth-order valence-electron chi connectivity index (χ4n) is 4.36. The van der Waals surface area contributed by atoms with Crippen LogP contribution in [-0.4, -0.2) is 48.1 Å². The number of aromatic amines is 1. The molecule has 0 spiro atoms. The molecule has 7 nitrogen and oxygen atoms in total. The number of fused-ring (bicyclic) bond motifs is 3. The summed E-state index contributed by atoms with van der Waals surface area (Å²) in [6.07, 6.45) is 12.7. The summed E-state index contributed by atoms with van der Waals surface area (Å²) in [5.74, 6) is 0.407. The molecule has 0 radical (unpaired) electrons. The van der Waals surface area contributed by atoms with Gasteiger partial charge in [0.05, 0.1) is 35.7 Å². The number of carbonyl (C=O) groups excluding carboxylic acids is 1. The molecule has 1 aliphatic heterocycles. The van der Waals surface area contributed by atoms with E-state index in [1.807, 2.05) is 17.0 Å². The molecule has 1 aliphatic carbocycles. The van der Waals surface area contributed by atoms with Crippen LogP contribution in [0.25, 0.3) is 5.69 Å². The molecule has 0 aromatic carbocycles. The maximum Gasteiger partial charge on any atom is 0.257 e. The van der Waals surface area contributed by atoms with Crippen molar-refractivity contribution in [2.45, 2.75) is 37.6 Å². The Labute approximate surface area is 151 Å².